The van der Waals surface area contributed by atoms with E-state index in [9.17, 15) is 0 Å². The number of hydrogen-bond donors (Lipinski definition) is 2. The number of nitrogens with one attached hydrogen (secondary N) is 2. The summed E-state index contributed by atoms with van der Waals surface area (Å²) in [6, 6.07) is 12.8. The highest BCUT2D eigenvalue weighted by atomic mass is 32.2. The first kappa shape index (κ1) is 17.1. The van der Waals surface area contributed by atoms with Gasteiger partial charge in [-0.25, -0.2) is 0 Å². The van der Waals surface area contributed by atoms with E-state index in [-0.39, 0.29) is 0 Å². The molecule has 1 atom stereocenters. The number of anilines is 1. The van der Waals surface area contributed by atoms with Crippen LogP contribution in [0.15, 0.2) is 52.8 Å². The van der Waals surface area contributed by atoms with Crippen LogP contribution in [-0.2, 0) is 0 Å². The zero-order valence-corrected chi connectivity index (χ0v) is 16.4. The molecule has 2 aromatic heterocycles. The van der Waals surface area contributed by atoms with E-state index in [0.29, 0.717) is 5.25 Å². The fourth-order valence-corrected chi connectivity index (χ4v) is 5.84. The molecule has 0 saturated heterocycles. The minimum absolute atomic E-state index is 0.636. The van der Waals surface area contributed by atoms with Crippen molar-refractivity contribution in [2.75, 3.05) is 25.0 Å². The number of fused-ring (bicyclic) bond motifs is 1. The standard InChI is InChI=1S/C19H21N3S3/c1-2-6-16-15(5-1)19(22-25-16)21-11-4-10-20-13-14-8-9-18(24-14)17-7-3-12-23-17/h1-3,5-8,12,18,20H,4,9-11,13H2,(H,21,22). The molecule has 0 bridgehead atoms. The van der Waals surface area contributed by atoms with Gasteiger partial charge in [0.05, 0.1) is 4.70 Å². The first-order valence-corrected chi connectivity index (χ1v) is 11.1. The maximum atomic E-state index is 4.51. The van der Waals surface area contributed by atoms with Gasteiger partial charge in [0.25, 0.3) is 0 Å². The first-order valence-electron chi connectivity index (χ1n) is 8.58. The van der Waals surface area contributed by atoms with Crippen LogP contribution in [0.1, 0.15) is 23.0 Å². The van der Waals surface area contributed by atoms with Gasteiger partial charge in [0.2, 0.25) is 0 Å². The van der Waals surface area contributed by atoms with Crippen molar-refractivity contribution < 1.29 is 0 Å². The van der Waals surface area contributed by atoms with Gasteiger partial charge in [-0.1, -0.05) is 24.3 Å². The lowest BCUT2D eigenvalue weighted by Gasteiger charge is -2.09. The summed E-state index contributed by atoms with van der Waals surface area (Å²) in [6.07, 6.45) is 4.65. The number of rotatable bonds is 8. The fraction of sp³-hybridized carbons (Fsp3) is 0.316. The van der Waals surface area contributed by atoms with Crippen molar-refractivity contribution in [1.82, 2.24) is 9.69 Å². The zero-order chi connectivity index (χ0) is 16.9. The average Bonchev–Trinajstić information content (AvgIpc) is 3.38. The molecule has 130 valence electrons. The van der Waals surface area contributed by atoms with Gasteiger partial charge in [-0.05, 0) is 59.4 Å². The minimum Gasteiger partial charge on any atom is -0.369 e. The van der Waals surface area contributed by atoms with Crippen LogP contribution in [-0.4, -0.2) is 24.0 Å². The topological polar surface area (TPSA) is 37.0 Å². The van der Waals surface area contributed by atoms with Crippen LogP contribution >= 0.6 is 34.6 Å². The third-order valence-corrected chi connectivity index (χ3v) is 7.52. The van der Waals surface area contributed by atoms with E-state index in [0.717, 1.165) is 31.9 Å². The monoisotopic (exact) mass is 387 g/mol. The fourth-order valence-electron chi connectivity index (χ4n) is 2.93. The van der Waals surface area contributed by atoms with Crippen LogP contribution in [0.4, 0.5) is 5.82 Å². The first-order chi connectivity index (χ1) is 12.4. The van der Waals surface area contributed by atoms with Crippen molar-refractivity contribution in [2.45, 2.75) is 18.1 Å². The average molecular weight is 388 g/mol. The van der Waals surface area contributed by atoms with Gasteiger partial charge < -0.3 is 10.6 Å². The van der Waals surface area contributed by atoms with Gasteiger partial charge in [-0.2, -0.15) is 4.37 Å². The third-order valence-electron chi connectivity index (χ3n) is 4.21. The molecular formula is C19H21N3S3. The highest BCUT2D eigenvalue weighted by molar-refractivity contribution is 8.03. The van der Waals surface area contributed by atoms with Gasteiger partial charge in [-0.3, -0.25) is 0 Å². The van der Waals surface area contributed by atoms with E-state index in [1.165, 1.54) is 26.3 Å². The molecule has 2 N–H and O–H groups in total. The van der Waals surface area contributed by atoms with Gasteiger partial charge in [0, 0.05) is 28.6 Å². The Morgan fingerprint density at radius 3 is 3.00 bits per heavy atom. The molecule has 3 nitrogen and oxygen atoms in total. The van der Waals surface area contributed by atoms with Crippen LogP contribution in [0, 0.1) is 0 Å². The van der Waals surface area contributed by atoms with Gasteiger partial charge in [0.15, 0.2) is 0 Å². The minimum atomic E-state index is 0.636. The van der Waals surface area contributed by atoms with Crippen molar-refractivity contribution in [3.8, 4) is 0 Å². The molecule has 0 aliphatic carbocycles. The second kappa shape index (κ2) is 8.36. The molecule has 25 heavy (non-hydrogen) atoms. The summed E-state index contributed by atoms with van der Waals surface area (Å²) in [5.41, 5.74) is 0. The summed E-state index contributed by atoms with van der Waals surface area (Å²) in [6.45, 7) is 2.97. The Hall–Kier alpha value is -1.34. The molecule has 0 amide bonds. The lowest BCUT2D eigenvalue weighted by atomic mass is 10.2. The Kier molecular flexibility index (Phi) is 5.72. The Bertz CT molecular complexity index is 839. The largest absolute Gasteiger partial charge is 0.369 e. The SMILES string of the molecule is C1=C(CNCCCNc2nsc3ccccc23)SC(c2cccs2)C1. The van der Waals surface area contributed by atoms with Crippen molar-refractivity contribution in [2.24, 2.45) is 0 Å². The Morgan fingerprint density at radius 2 is 2.08 bits per heavy atom. The third kappa shape index (κ3) is 4.26. The van der Waals surface area contributed by atoms with Crippen molar-refractivity contribution in [3.05, 3.63) is 57.6 Å². The van der Waals surface area contributed by atoms with E-state index >= 15 is 0 Å². The molecule has 1 unspecified atom stereocenters. The molecule has 3 aromatic rings. The highest BCUT2D eigenvalue weighted by Gasteiger charge is 2.19. The molecule has 4 rings (SSSR count). The lowest BCUT2D eigenvalue weighted by Crippen LogP contribution is -2.19. The molecule has 0 fully saturated rings. The maximum absolute atomic E-state index is 4.51. The Labute approximate surface area is 160 Å². The molecule has 1 aromatic carbocycles. The van der Waals surface area contributed by atoms with Crippen molar-refractivity contribution in [1.29, 1.82) is 0 Å². The van der Waals surface area contributed by atoms with E-state index in [1.807, 2.05) is 23.1 Å². The number of hydrogen-bond acceptors (Lipinski definition) is 6. The van der Waals surface area contributed by atoms with E-state index < -0.39 is 0 Å². The van der Waals surface area contributed by atoms with Gasteiger partial charge in [-0.15, -0.1) is 23.1 Å². The van der Waals surface area contributed by atoms with Gasteiger partial charge >= 0.3 is 0 Å². The molecule has 3 heterocycles. The summed E-state index contributed by atoms with van der Waals surface area (Å²) in [7, 11) is 0. The number of benzene rings is 1. The number of thioether (sulfide) groups is 1. The summed E-state index contributed by atoms with van der Waals surface area (Å²) < 4.78 is 5.75. The lowest BCUT2D eigenvalue weighted by molar-refractivity contribution is 0.708. The second-order valence-corrected chi connectivity index (χ2v) is 9.13. The summed E-state index contributed by atoms with van der Waals surface area (Å²) >= 11 is 5.45. The van der Waals surface area contributed by atoms with Crippen molar-refractivity contribution >= 4 is 50.5 Å². The quantitative estimate of drug-likeness (QED) is 0.500. The molecule has 0 spiro atoms. The van der Waals surface area contributed by atoms with Gasteiger partial charge in [0.1, 0.15) is 5.82 Å². The predicted octanol–water partition coefficient (Wildman–Crippen LogP) is 5.51. The van der Waals surface area contributed by atoms with Crippen molar-refractivity contribution in [3.63, 3.8) is 0 Å². The summed E-state index contributed by atoms with van der Waals surface area (Å²) in [5, 5.41) is 11.1. The number of allylic oxidation sites excluding steroid dienone is 1. The van der Waals surface area contributed by atoms with Crippen LogP contribution < -0.4 is 10.6 Å². The molecule has 6 heteroatoms. The number of aromatic nitrogens is 1. The number of thiophene rings is 1. The molecular weight excluding hydrogens is 366 g/mol. The van der Waals surface area contributed by atoms with Crippen LogP contribution in [0.25, 0.3) is 10.1 Å². The second-order valence-electron chi connectivity index (χ2n) is 6.01. The van der Waals surface area contributed by atoms with Crippen LogP contribution in [0.3, 0.4) is 0 Å². The van der Waals surface area contributed by atoms with E-state index in [4.69, 9.17) is 0 Å². The molecule has 0 radical (unpaired) electrons. The maximum Gasteiger partial charge on any atom is 0.147 e. The normalized spacial score (nSPS) is 17.1. The Morgan fingerprint density at radius 1 is 1.12 bits per heavy atom. The van der Waals surface area contributed by atoms with Crippen LogP contribution in [0.5, 0.6) is 0 Å². The summed E-state index contributed by atoms with van der Waals surface area (Å²) in [4.78, 5) is 2.98. The highest BCUT2D eigenvalue weighted by Crippen LogP contribution is 2.44. The summed E-state index contributed by atoms with van der Waals surface area (Å²) in [5.74, 6) is 1.02. The molecule has 1 aliphatic heterocycles. The predicted molar refractivity (Wildman–Crippen MR) is 113 cm³/mol. The number of nitrogens with zero attached hydrogens (tertiary/aromatic N) is 1. The molecule has 1 aliphatic rings. The zero-order valence-electron chi connectivity index (χ0n) is 13.9. The van der Waals surface area contributed by atoms with E-state index in [2.05, 4.69) is 62.9 Å². The smallest absolute Gasteiger partial charge is 0.147 e. The molecule has 0 saturated carbocycles. The van der Waals surface area contributed by atoms with Crippen LogP contribution in [0.2, 0.25) is 0 Å². The Balaban J connectivity index is 1.14. The van der Waals surface area contributed by atoms with E-state index in [1.54, 1.807) is 11.5 Å².